The smallest absolute Gasteiger partial charge is 0.0362 e. The van der Waals surface area contributed by atoms with E-state index >= 15 is 0 Å². The highest BCUT2D eigenvalue weighted by atomic mass is 15.2. The van der Waals surface area contributed by atoms with Crippen molar-refractivity contribution in [1.82, 2.24) is 10.2 Å². The van der Waals surface area contributed by atoms with Gasteiger partial charge in [-0.05, 0) is 51.7 Å². The molecule has 0 amide bonds. The van der Waals surface area contributed by atoms with Crippen molar-refractivity contribution in [2.45, 2.75) is 77.8 Å². The van der Waals surface area contributed by atoms with Crippen LogP contribution in [0.2, 0.25) is 0 Å². The fourth-order valence-electron chi connectivity index (χ4n) is 3.91. The number of nitrogens with zero attached hydrogens (tertiary/aromatic N) is 1. The molecule has 0 saturated heterocycles. The van der Waals surface area contributed by atoms with Crippen molar-refractivity contribution >= 4 is 0 Å². The van der Waals surface area contributed by atoms with E-state index in [0.717, 1.165) is 5.92 Å². The molecule has 18 heavy (non-hydrogen) atoms. The molecule has 0 radical (unpaired) electrons. The third kappa shape index (κ3) is 3.48. The highest BCUT2D eigenvalue weighted by Crippen LogP contribution is 2.39. The van der Waals surface area contributed by atoms with Gasteiger partial charge in [-0.25, -0.2) is 0 Å². The molecule has 0 bridgehead atoms. The van der Waals surface area contributed by atoms with Crippen molar-refractivity contribution in [2.75, 3.05) is 20.1 Å². The van der Waals surface area contributed by atoms with E-state index in [1.807, 2.05) is 0 Å². The lowest BCUT2D eigenvalue weighted by Crippen LogP contribution is -2.59. The van der Waals surface area contributed by atoms with Gasteiger partial charge in [0, 0.05) is 11.6 Å². The Hall–Kier alpha value is -0.0800. The maximum atomic E-state index is 3.65. The van der Waals surface area contributed by atoms with Gasteiger partial charge >= 0.3 is 0 Å². The van der Waals surface area contributed by atoms with Crippen molar-refractivity contribution in [3.05, 3.63) is 0 Å². The minimum atomic E-state index is 0.438. The van der Waals surface area contributed by atoms with Gasteiger partial charge in [-0.2, -0.15) is 0 Å². The molecule has 0 aliphatic heterocycles. The van der Waals surface area contributed by atoms with Gasteiger partial charge in [0.25, 0.3) is 0 Å². The molecule has 0 aromatic rings. The summed E-state index contributed by atoms with van der Waals surface area (Å²) in [6.45, 7) is 11.7. The predicted molar refractivity (Wildman–Crippen MR) is 81.0 cm³/mol. The minimum absolute atomic E-state index is 0.438. The van der Waals surface area contributed by atoms with Crippen LogP contribution in [-0.4, -0.2) is 36.6 Å². The highest BCUT2D eigenvalue weighted by molar-refractivity contribution is 5.02. The summed E-state index contributed by atoms with van der Waals surface area (Å²) in [5.74, 6) is 0.816. The molecule has 1 aliphatic rings. The van der Waals surface area contributed by atoms with Gasteiger partial charge in [-0.15, -0.1) is 0 Å². The Balaban J connectivity index is 2.79. The van der Waals surface area contributed by atoms with Gasteiger partial charge in [0.15, 0.2) is 0 Å². The van der Waals surface area contributed by atoms with Crippen LogP contribution < -0.4 is 5.32 Å². The molecule has 1 N–H and O–H groups in total. The number of rotatable bonds is 8. The van der Waals surface area contributed by atoms with Gasteiger partial charge in [0.05, 0.1) is 0 Å². The van der Waals surface area contributed by atoms with Gasteiger partial charge in [-0.3, -0.25) is 4.90 Å². The SMILES string of the molecule is CCN(CC)C1(C(CCC(C)C)NC)CCCC1. The lowest BCUT2D eigenvalue weighted by Gasteiger charge is -2.46. The van der Waals surface area contributed by atoms with Crippen molar-refractivity contribution in [2.24, 2.45) is 5.92 Å². The fraction of sp³-hybridized carbons (Fsp3) is 1.00. The number of nitrogens with one attached hydrogen (secondary N) is 1. The first-order chi connectivity index (χ1) is 8.60. The third-order valence-electron chi connectivity index (χ3n) is 4.89. The zero-order chi connectivity index (χ0) is 13.6. The van der Waals surface area contributed by atoms with Crippen LogP contribution in [-0.2, 0) is 0 Å². The van der Waals surface area contributed by atoms with Gasteiger partial charge in [0.1, 0.15) is 0 Å². The molecule has 108 valence electrons. The molecule has 0 spiro atoms. The first kappa shape index (κ1) is 16.0. The Morgan fingerprint density at radius 3 is 2.00 bits per heavy atom. The van der Waals surface area contributed by atoms with Crippen LogP contribution >= 0.6 is 0 Å². The van der Waals surface area contributed by atoms with Gasteiger partial charge in [0.2, 0.25) is 0 Å². The van der Waals surface area contributed by atoms with Gasteiger partial charge < -0.3 is 5.32 Å². The fourth-order valence-corrected chi connectivity index (χ4v) is 3.91. The molecular weight excluding hydrogens is 220 g/mol. The topological polar surface area (TPSA) is 15.3 Å². The molecule has 2 nitrogen and oxygen atoms in total. The van der Waals surface area contributed by atoms with Crippen LogP contribution in [0.4, 0.5) is 0 Å². The van der Waals surface area contributed by atoms with E-state index in [2.05, 4.69) is 45.0 Å². The maximum absolute atomic E-state index is 3.65. The Morgan fingerprint density at radius 1 is 1.06 bits per heavy atom. The van der Waals surface area contributed by atoms with E-state index < -0.39 is 0 Å². The van der Waals surface area contributed by atoms with E-state index in [1.165, 1.54) is 51.6 Å². The summed E-state index contributed by atoms with van der Waals surface area (Å²) in [6.07, 6.45) is 8.27. The average molecular weight is 254 g/mol. The zero-order valence-electron chi connectivity index (χ0n) is 13.3. The largest absolute Gasteiger partial charge is 0.315 e. The first-order valence-corrected chi connectivity index (χ1v) is 8.03. The molecule has 2 heteroatoms. The van der Waals surface area contributed by atoms with Gasteiger partial charge in [-0.1, -0.05) is 40.5 Å². The molecule has 0 aromatic heterocycles. The van der Waals surface area contributed by atoms with Crippen molar-refractivity contribution in [3.63, 3.8) is 0 Å². The second-order valence-corrected chi connectivity index (χ2v) is 6.30. The molecular formula is C16H34N2. The molecule has 1 atom stereocenters. The van der Waals surface area contributed by atoms with Crippen LogP contribution in [0.3, 0.4) is 0 Å². The maximum Gasteiger partial charge on any atom is 0.0362 e. The first-order valence-electron chi connectivity index (χ1n) is 8.03. The van der Waals surface area contributed by atoms with E-state index in [9.17, 15) is 0 Å². The molecule has 0 heterocycles. The zero-order valence-corrected chi connectivity index (χ0v) is 13.3. The quantitative estimate of drug-likeness (QED) is 0.711. The Labute approximate surface area is 115 Å². The molecule has 1 saturated carbocycles. The molecule has 1 fully saturated rings. The Kier molecular flexibility index (Phi) is 6.65. The van der Waals surface area contributed by atoms with Crippen LogP contribution in [0.15, 0.2) is 0 Å². The van der Waals surface area contributed by atoms with Crippen LogP contribution in [0, 0.1) is 5.92 Å². The third-order valence-corrected chi connectivity index (χ3v) is 4.89. The Morgan fingerprint density at radius 2 is 1.61 bits per heavy atom. The molecule has 1 unspecified atom stereocenters. The van der Waals surface area contributed by atoms with E-state index in [1.54, 1.807) is 0 Å². The summed E-state index contributed by atoms with van der Waals surface area (Å²) >= 11 is 0. The van der Waals surface area contributed by atoms with Crippen molar-refractivity contribution < 1.29 is 0 Å². The van der Waals surface area contributed by atoms with Crippen LogP contribution in [0.5, 0.6) is 0 Å². The summed E-state index contributed by atoms with van der Waals surface area (Å²) in [5.41, 5.74) is 0.438. The van der Waals surface area contributed by atoms with E-state index in [4.69, 9.17) is 0 Å². The minimum Gasteiger partial charge on any atom is -0.315 e. The second-order valence-electron chi connectivity index (χ2n) is 6.30. The number of hydrogen-bond donors (Lipinski definition) is 1. The van der Waals surface area contributed by atoms with Crippen molar-refractivity contribution in [3.8, 4) is 0 Å². The molecule has 0 aromatic carbocycles. The number of likely N-dealkylation sites (N-methyl/N-ethyl adjacent to an activating group) is 2. The second kappa shape index (κ2) is 7.49. The summed E-state index contributed by atoms with van der Waals surface area (Å²) in [7, 11) is 2.16. The normalized spacial score (nSPS) is 20.8. The molecule has 1 aliphatic carbocycles. The predicted octanol–water partition coefficient (Wildman–Crippen LogP) is 3.67. The lowest BCUT2D eigenvalue weighted by molar-refractivity contribution is 0.0605. The standard InChI is InChI=1S/C16H34N2/c1-6-18(7-2)16(12-8-9-13-16)15(17-5)11-10-14(3)4/h14-15,17H,6-13H2,1-5H3. The average Bonchev–Trinajstić information content (AvgIpc) is 2.81. The molecule has 1 rings (SSSR count). The highest BCUT2D eigenvalue weighted by Gasteiger charge is 2.43. The summed E-state index contributed by atoms with van der Waals surface area (Å²) in [5, 5.41) is 3.65. The summed E-state index contributed by atoms with van der Waals surface area (Å²) in [6, 6.07) is 0.669. The van der Waals surface area contributed by atoms with E-state index in [0.29, 0.717) is 11.6 Å². The van der Waals surface area contributed by atoms with E-state index in [-0.39, 0.29) is 0 Å². The number of hydrogen-bond acceptors (Lipinski definition) is 2. The van der Waals surface area contributed by atoms with Crippen LogP contribution in [0.1, 0.15) is 66.2 Å². The monoisotopic (exact) mass is 254 g/mol. The van der Waals surface area contributed by atoms with Crippen molar-refractivity contribution in [1.29, 1.82) is 0 Å². The summed E-state index contributed by atoms with van der Waals surface area (Å²) < 4.78 is 0. The Bertz CT molecular complexity index is 215. The lowest BCUT2D eigenvalue weighted by atomic mass is 9.82. The van der Waals surface area contributed by atoms with Crippen LogP contribution in [0.25, 0.3) is 0 Å². The summed E-state index contributed by atoms with van der Waals surface area (Å²) in [4.78, 5) is 2.72.